The standard InChI is InChI=1S/C12H21NO3/c1-8(2)10(12(15)16)13-11(14)9-6-4-3-5-7-9/h8-10H,3-7H2,1-2H3,(H,13,14)(H,15,16)/t10-/m0/s1. The molecular weight excluding hydrogens is 206 g/mol. The molecule has 0 radical (unpaired) electrons. The number of amides is 1. The van der Waals surface area contributed by atoms with Crippen LogP contribution in [-0.2, 0) is 9.59 Å². The molecule has 1 atom stereocenters. The van der Waals surface area contributed by atoms with E-state index in [2.05, 4.69) is 5.32 Å². The van der Waals surface area contributed by atoms with Crippen molar-refractivity contribution in [3.05, 3.63) is 0 Å². The van der Waals surface area contributed by atoms with E-state index in [9.17, 15) is 9.59 Å². The molecule has 2 N–H and O–H groups in total. The van der Waals surface area contributed by atoms with Crippen molar-refractivity contribution in [3.8, 4) is 0 Å². The molecule has 1 amide bonds. The number of hydrogen-bond donors (Lipinski definition) is 2. The highest BCUT2D eigenvalue weighted by Gasteiger charge is 2.28. The van der Waals surface area contributed by atoms with E-state index in [0.29, 0.717) is 0 Å². The van der Waals surface area contributed by atoms with E-state index >= 15 is 0 Å². The summed E-state index contributed by atoms with van der Waals surface area (Å²) in [5.74, 6) is -1.08. The van der Waals surface area contributed by atoms with Crippen molar-refractivity contribution < 1.29 is 14.7 Å². The maximum Gasteiger partial charge on any atom is 0.326 e. The molecule has 16 heavy (non-hydrogen) atoms. The minimum absolute atomic E-state index is 0.0225. The van der Waals surface area contributed by atoms with E-state index in [1.165, 1.54) is 6.42 Å². The first kappa shape index (κ1) is 13.0. The van der Waals surface area contributed by atoms with E-state index < -0.39 is 12.0 Å². The number of carboxylic acids is 1. The summed E-state index contributed by atoms with van der Waals surface area (Å²) in [6.45, 7) is 3.61. The van der Waals surface area contributed by atoms with Crippen LogP contribution in [0.2, 0.25) is 0 Å². The molecule has 1 fully saturated rings. The SMILES string of the molecule is CC(C)[C@H](NC(=O)C1CCCCC1)C(=O)O. The average Bonchev–Trinajstić information content (AvgIpc) is 2.25. The van der Waals surface area contributed by atoms with Gasteiger partial charge in [-0.05, 0) is 18.8 Å². The molecule has 0 aromatic carbocycles. The normalized spacial score (nSPS) is 19.4. The fourth-order valence-corrected chi connectivity index (χ4v) is 2.15. The van der Waals surface area contributed by atoms with Gasteiger partial charge in [-0.2, -0.15) is 0 Å². The molecule has 92 valence electrons. The van der Waals surface area contributed by atoms with Gasteiger partial charge in [-0.1, -0.05) is 33.1 Å². The van der Waals surface area contributed by atoms with Crippen molar-refractivity contribution in [1.82, 2.24) is 5.32 Å². The van der Waals surface area contributed by atoms with Gasteiger partial charge in [-0.25, -0.2) is 4.79 Å². The lowest BCUT2D eigenvalue weighted by molar-refractivity contribution is -0.144. The molecule has 4 nitrogen and oxygen atoms in total. The van der Waals surface area contributed by atoms with Gasteiger partial charge in [0.05, 0.1) is 0 Å². The number of nitrogens with one attached hydrogen (secondary N) is 1. The predicted molar refractivity (Wildman–Crippen MR) is 61.0 cm³/mol. The van der Waals surface area contributed by atoms with Crippen LogP contribution in [0.1, 0.15) is 46.0 Å². The average molecular weight is 227 g/mol. The highest BCUT2D eigenvalue weighted by atomic mass is 16.4. The molecule has 0 spiro atoms. The molecule has 0 aromatic heterocycles. The number of carbonyl (C=O) groups is 2. The Morgan fingerprint density at radius 1 is 1.19 bits per heavy atom. The Morgan fingerprint density at radius 3 is 2.19 bits per heavy atom. The summed E-state index contributed by atoms with van der Waals surface area (Å²) < 4.78 is 0. The first-order valence-electron chi connectivity index (χ1n) is 6.05. The Labute approximate surface area is 96.4 Å². The highest BCUT2D eigenvalue weighted by Crippen LogP contribution is 2.23. The largest absolute Gasteiger partial charge is 0.480 e. The lowest BCUT2D eigenvalue weighted by Gasteiger charge is -2.24. The van der Waals surface area contributed by atoms with Crippen LogP contribution in [0.5, 0.6) is 0 Å². The van der Waals surface area contributed by atoms with Gasteiger partial charge in [0.1, 0.15) is 6.04 Å². The molecule has 0 saturated heterocycles. The van der Waals surface area contributed by atoms with E-state index in [0.717, 1.165) is 25.7 Å². The van der Waals surface area contributed by atoms with Crippen molar-refractivity contribution in [2.24, 2.45) is 11.8 Å². The van der Waals surface area contributed by atoms with Gasteiger partial charge >= 0.3 is 5.97 Å². The van der Waals surface area contributed by atoms with Crippen LogP contribution in [0.25, 0.3) is 0 Å². The zero-order chi connectivity index (χ0) is 12.1. The Bertz CT molecular complexity index is 257. The minimum Gasteiger partial charge on any atom is -0.480 e. The van der Waals surface area contributed by atoms with Gasteiger partial charge < -0.3 is 10.4 Å². The van der Waals surface area contributed by atoms with Crippen LogP contribution in [0.4, 0.5) is 0 Å². The van der Waals surface area contributed by atoms with Gasteiger partial charge in [0.2, 0.25) is 5.91 Å². The highest BCUT2D eigenvalue weighted by molar-refractivity contribution is 5.85. The fourth-order valence-electron chi connectivity index (χ4n) is 2.15. The molecule has 4 heteroatoms. The van der Waals surface area contributed by atoms with E-state index in [-0.39, 0.29) is 17.7 Å². The fraction of sp³-hybridized carbons (Fsp3) is 0.833. The van der Waals surface area contributed by atoms with Crippen molar-refractivity contribution >= 4 is 11.9 Å². The lowest BCUT2D eigenvalue weighted by Crippen LogP contribution is -2.46. The van der Waals surface area contributed by atoms with E-state index in [1.807, 2.05) is 0 Å². The molecule has 1 saturated carbocycles. The second-order valence-corrected chi connectivity index (χ2v) is 4.90. The number of carbonyl (C=O) groups excluding carboxylic acids is 1. The second-order valence-electron chi connectivity index (χ2n) is 4.90. The van der Waals surface area contributed by atoms with Gasteiger partial charge in [-0.3, -0.25) is 4.79 Å². The molecule has 0 bridgehead atoms. The molecule has 1 aliphatic rings. The van der Waals surface area contributed by atoms with Gasteiger partial charge in [0, 0.05) is 5.92 Å². The minimum atomic E-state index is -0.945. The lowest BCUT2D eigenvalue weighted by atomic mass is 9.88. The van der Waals surface area contributed by atoms with E-state index in [1.54, 1.807) is 13.8 Å². The molecule has 0 aliphatic heterocycles. The van der Waals surface area contributed by atoms with Crippen molar-refractivity contribution in [1.29, 1.82) is 0 Å². The molecule has 1 rings (SSSR count). The van der Waals surface area contributed by atoms with Crippen LogP contribution in [0, 0.1) is 11.8 Å². The first-order valence-corrected chi connectivity index (χ1v) is 6.05. The number of hydrogen-bond acceptors (Lipinski definition) is 2. The maximum absolute atomic E-state index is 11.8. The third-order valence-electron chi connectivity index (χ3n) is 3.21. The second kappa shape index (κ2) is 5.87. The zero-order valence-electron chi connectivity index (χ0n) is 10.0. The first-order chi connectivity index (χ1) is 7.52. The third-order valence-corrected chi connectivity index (χ3v) is 3.21. The summed E-state index contributed by atoms with van der Waals surface area (Å²) >= 11 is 0. The van der Waals surface area contributed by atoms with Gasteiger partial charge in [0.25, 0.3) is 0 Å². The quantitative estimate of drug-likeness (QED) is 0.769. The summed E-state index contributed by atoms with van der Waals surface area (Å²) in [7, 11) is 0. The Kier molecular flexibility index (Phi) is 4.77. The monoisotopic (exact) mass is 227 g/mol. The van der Waals surface area contributed by atoms with Crippen LogP contribution in [-0.4, -0.2) is 23.0 Å². The molecule has 0 aromatic rings. The van der Waals surface area contributed by atoms with Gasteiger partial charge in [-0.15, -0.1) is 0 Å². The number of carboxylic acid groups (broad SMARTS) is 1. The Morgan fingerprint density at radius 2 is 1.75 bits per heavy atom. The van der Waals surface area contributed by atoms with Crippen LogP contribution in [0.3, 0.4) is 0 Å². The van der Waals surface area contributed by atoms with Crippen LogP contribution >= 0.6 is 0 Å². The Hall–Kier alpha value is -1.06. The summed E-state index contributed by atoms with van der Waals surface area (Å²) in [5, 5.41) is 11.6. The van der Waals surface area contributed by atoms with Crippen LogP contribution < -0.4 is 5.32 Å². The smallest absolute Gasteiger partial charge is 0.326 e. The van der Waals surface area contributed by atoms with Crippen molar-refractivity contribution in [3.63, 3.8) is 0 Å². The zero-order valence-corrected chi connectivity index (χ0v) is 10.0. The number of rotatable bonds is 4. The summed E-state index contributed by atoms with van der Waals surface area (Å²) in [6, 6.07) is -0.755. The third kappa shape index (κ3) is 3.51. The van der Waals surface area contributed by atoms with Gasteiger partial charge in [0.15, 0.2) is 0 Å². The maximum atomic E-state index is 11.8. The van der Waals surface area contributed by atoms with E-state index in [4.69, 9.17) is 5.11 Å². The summed E-state index contributed by atoms with van der Waals surface area (Å²) in [5.41, 5.74) is 0. The summed E-state index contributed by atoms with van der Waals surface area (Å²) in [6.07, 6.45) is 5.15. The predicted octanol–water partition coefficient (Wildman–Crippen LogP) is 1.79. The number of aliphatic carboxylic acids is 1. The van der Waals surface area contributed by atoms with Crippen LogP contribution in [0.15, 0.2) is 0 Å². The topological polar surface area (TPSA) is 66.4 Å². The Balaban J connectivity index is 2.50. The molecule has 0 heterocycles. The molecule has 0 unspecified atom stereocenters. The molecular formula is C12H21NO3. The van der Waals surface area contributed by atoms with Crippen molar-refractivity contribution in [2.45, 2.75) is 52.0 Å². The molecule has 1 aliphatic carbocycles. The van der Waals surface area contributed by atoms with Crippen molar-refractivity contribution in [2.75, 3.05) is 0 Å². The summed E-state index contributed by atoms with van der Waals surface area (Å²) in [4.78, 5) is 22.8.